The zero-order chi connectivity index (χ0) is 26.5. The van der Waals surface area contributed by atoms with Gasteiger partial charge in [-0.2, -0.15) is 38.8 Å². The van der Waals surface area contributed by atoms with Gasteiger partial charge in [0, 0.05) is 24.3 Å². The molecule has 1 aromatic carbocycles. The molecule has 0 fully saturated rings. The SMILES string of the molecule is C1=C[CH-]C=CC=1C1=CC=CC=[C+]1.O=S(=O)([O-])C(F)(F)F.O=S(=O)([O-])C(F)(F)F.[Bi+2].[c]1ccccc1. The average molecular weight is 736 g/mol. The van der Waals surface area contributed by atoms with Crippen LogP contribution in [0, 0.1) is 18.6 Å². The van der Waals surface area contributed by atoms with Gasteiger partial charge in [-0.25, -0.2) is 22.6 Å². The zero-order valence-electron chi connectivity index (χ0n) is 17.0. The first-order valence-electron chi connectivity index (χ1n) is 8.36. The fraction of sp³-hybridized carbons (Fsp3) is 0.100. The number of hydrogen-bond donors (Lipinski definition) is 0. The van der Waals surface area contributed by atoms with Crippen LogP contribution in [0.3, 0.4) is 0 Å². The molecule has 0 N–H and O–H groups in total. The zero-order valence-corrected chi connectivity index (χ0v) is 22.1. The van der Waals surface area contributed by atoms with Crippen molar-refractivity contribution in [3.05, 3.63) is 108 Å². The third kappa shape index (κ3) is 16.1. The normalized spacial score (nSPS) is 13.9. The second-order valence-electron chi connectivity index (χ2n) is 5.43. The summed E-state index contributed by atoms with van der Waals surface area (Å²) in [7, 11) is -12.2. The summed E-state index contributed by atoms with van der Waals surface area (Å²) < 4.78 is 118. The van der Waals surface area contributed by atoms with Gasteiger partial charge >= 0.3 is 37.2 Å². The fourth-order valence-corrected chi connectivity index (χ4v) is 1.46. The van der Waals surface area contributed by atoms with Gasteiger partial charge in [-0.1, -0.05) is 30.3 Å². The first kappa shape index (κ1) is 34.9. The number of allylic oxidation sites excluding steroid dienone is 9. The maximum atomic E-state index is 10.7. The van der Waals surface area contributed by atoms with E-state index < -0.39 is 31.3 Å². The predicted molar refractivity (Wildman–Crippen MR) is 113 cm³/mol. The molecule has 0 bridgehead atoms. The van der Waals surface area contributed by atoms with Crippen LogP contribution >= 0.6 is 0 Å². The van der Waals surface area contributed by atoms with Crippen LogP contribution in [0.4, 0.5) is 26.3 Å². The molecule has 35 heavy (non-hydrogen) atoms. The molecule has 0 aromatic heterocycles. The molecule has 188 valence electrons. The third-order valence-electron chi connectivity index (χ3n) is 2.88. The number of benzene rings is 1. The molecule has 2 aliphatic rings. The molecular weight excluding hydrogens is 723 g/mol. The Morgan fingerprint density at radius 2 is 1.34 bits per heavy atom. The van der Waals surface area contributed by atoms with E-state index in [1.165, 1.54) is 0 Å². The number of hydrogen-bond acceptors (Lipinski definition) is 6. The van der Waals surface area contributed by atoms with E-state index in [-0.39, 0.29) is 26.2 Å². The Kier molecular flexibility index (Phi) is 15.7. The number of halogens is 6. The molecule has 2 aliphatic carbocycles. The van der Waals surface area contributed by atoms with Crippen molar-refractivity contribution >= 4 is 46.4 Å². The Morgan fingerprint density at radius 1 is 0.857 bits per heavy atom. The van der Waals surface area contributed by atoms with Crippen LogP contribution in [0.1, 0.15) is 0 Å². The van der Waals surface area contributed by atoms with E-state index in [4.69, 9.17) is 25.9 Å². The molecule has 1 aromatic rings. The largest absolute Gasteiger partial charge is 2.00 e. The van der Waals surface area contributed by atoms with Crippen molar-refractivity contribution in [3.63, 3.8) is 0 Å². The van der Waals surface area contributed by atoms with Crippen molar-refractivity contribution in [3.8, 4) is 0 Å². The van der Waals surface area contributed by atoms with Crippen molar-refractivity contribution in [2.75, 3.05) is 0 Å². The Bertz CT molecular complexity index is 1110. The maximum absolute atomic E-state index is 10.7. The molecule has 0 saturated carbocycles. The van der Waals surface area contributed by atoms with Gasteiger partial charge in [0.05, 0.1) is 6.08 Å². The molecule has 0 unspecified atom stereocenters. The topological polar surface area (TPSA) is 114 Å². The van der Waals surface area contributed by atoms with E-state index in [0.717, 1.165) is 11.1 Å². The van der Waals surface area contributed by atoms with Gasteiger partial charge in [-0.15, -0.1) is 12.2 Å². The third-order valence-corrected chi connectivity index (χ3v) is 4.02. The maximum Gasteiger partial charge on any atom is 2.00 e. The molecule has 0 saturated heterocycles. The summed E-state index contributed by atoms with van der Waals surface area (Å²) in [6.45, 7) is 0. The van der Waals surface area contributed by atoms with Crippen LogP contribution < -0.4 is 0 Å². The van der Waals surface area contributed by atoms with E-state index in [1.807, 2.05) is 79.3 Å². The minimum atomic E-state index is -6.09. The van der Waals surface area contributed by atoms with Gasteiger partial charge < -0.3 is 9.11 Å². The van der Waals surface area contributed by atoms with Crippen LogP contribution in [0.15, 0.2) is 89.7 Å². The second-order valence-corrected chi connectivity index (χ2v) is 8.17. The quantitative estimate of drug-likeness (QED) is 0.108. The standard InChI is InChI=1S/C12H8.C6H5.2CHF3O3S.Bi/c1-3-7-11(8-4-1)12-9-5-2-6-10-12;1-2-4-6-5-3-1;2*2-1(3,4)8(5,6)7;/h1-7,9H;1-5H;2*(H,5,6,7);/q;;;;+2/p-2. The Morgan fingerprint density at radius 3 is 1.60 bits per heavy atom. The van der Waals surface area contributed by atoms with Crippen LogP contribution in [-0.4, -0.2) is 63.2 Å². The molecule has 15 heteroatoms. The molecule has 3 rings (SSSR count). The average Bonchev–Trinajstić information content (AvgIpc) is 2.75. The van der Waals surface area contributed by atoms with Gasteiger partial charge in [0.15, 0.2) is 20.2 Å². The molecule has 6 nitrogen and oxygen atoms in total. The second kappa shape index (κ2) is 15.7. The monoisotopic (exact) mass is 736 g/mol. The van der Waals surface area contributed by atoms with Crippen molar-refractivity contribution in [2.45, 2.75) is 11.0 Å². The summed E-state index contributed by atoms with van der Waals surface area (Å²) in [5, 5.41) is 0. The minimum Gasteiger partial charge on any atom is -0.741 e. The van der Waals surface area contributed by atoms with E-state index in [9.17, 15) is 26.3 Å². The van der Waals surface area contributed by atoms with E-state index in [0.29, 0.717) is 0 Å². The number of alkyl halides is 6. The van der Waals surface area contributed by atoms with Crippen molar-refractivity contribution < 1.29 is 52.3 Å². The van der Waals surface area contributed by atoms with Crippen LogP contribution in [0.25, 0.3) is 0 Å². The first-order chi connectivity index (χ1) is 15.5. The Hall–Kier alpha value is -2.24. The Balaban J connectivity index is 0. The van der Waals surface area contributed by atoms with E-state index in [2.05, 4.69) is 17.9 Å². The molecule has 0 atom stereocenters. The molecule has 0 amide bonds. The molecular formula is C20H13BiF6O6S2. The summed E-state index contributed by atoms with van der Waals surface area (Å²) in [6.07, 6.45) is 19.0. The molecule has 0 spiro atoms. The summed E-state index contributed by atoms with van der Waals surface area (Å²) in [5.74, 6) is 0. The summed E-state index contributed by atoms with van der Waals surface area (Å²) in [6, 6.07) is 12.5. The van der Waals surface area contributed by atoms with E-state index in [1.54, 1.807) is 0 Å². The molecule has 0 heterocycles. The van der Waals surface area contributed by atoms with Gasteiger partial charge in [0.25, 0.3) is 0 Å². The van der Waals surface area contributed by atoms with Crippen LogP contribution in [0.2, 0.25) is 0 Å². The van der Waals surface area contributed by atoms with Crippen molar-refractivity contribution in [2.24, 2.45) is 0 Å². The van der Waals surface area contributed by atoms with Crippen LogP contribution in [0.5, 0.6) is 0 Å². The van der Waals surface area contributed by atoms with Crippen LogP contribution in [-0.2, 0) is 20.2 Å². The van der Waals surface area contributed by atoms with Crippen molar-refractivity contribution in [1.29, 1.82) is 0 Å². The summed E-state index contributed by atoms with van der Waals surface area (Å²) >= 11 is 0. The predicted octanol–water partition coefficient (Wildman–Crippen LogP) is 3.91. The Labute approximate surface area is 217 Å². The smallest absolute Gasteiger partial charge is 0.741 e. The molecule has 0 aliphatic heterocycles. The van der Waals surface area contributed by atoms with Crippen molar-refractivity contribution in [1.82, 2.24) is 0 Å². The van der Waals surface area contributed by atoms with E-state index >= 15 is 0 Å². The van der Waals surface area contributed by atoms with Gasteiger partial charge in [0.2, 0.25) is 0 Å². The number of rotatable bonds is 1. The minimum absolute atomic E-state index is 0. The summed E-state index contributed by atoms with van der Waals surface area (Å²) in [5.41, 5.74) is -5.95. The van der Waals surface area contributed by atoms with Gasteiger partial charge in [0.1, 0.15) is 5.57 Å². The summed E-state index contributed by atoms with van der Waals surface area (Å²) in [4.78, 5) is 0. The van der Waals surface area contributed by atoms with Gasteiger partial charge in [-0.05, 0) is 11.6 Å². The first-order valence-corrected chi connectivity index (χ1v) is 11.2. The van der Waals surface area contributed by atoms with Gasteiger partial charge in [-0.3, -0.25) is 0 Å². The molecule has 4 radical (unpaired) electrons. The fourth-order valence-electron chi connectivity index (χ4n) is 1.46.